The molecule has 0 unspecified atom stereocenters. The minimum atomic E-state index is -0.114. The summed E-state index contributed by atoms with van der Waals surface area (Å²) >= 11 is 0. The molecule has 0 spiro atoms. The Bertz CT molecular complexity index is 569. The number of aromatic nitrogens is 1. The fourth-order valence-electron chi connectivity index (χ4n) is 2.11. The summed E-state index contributed by atoms with van der Waals surface area (Å²) in [5, 5.41) is 4.28. The molecule has 2 aromatic rings. The van der Waals surface area contributed by atoms with Crippen LogP contribution in [0.25, 0.3) is 10.9 Å². The summed E-state index contributed by atoms with van der Waals surface area (Å²) < 4.78 is 0. The summed E-state index contributed by atoms with van der Waals surface area (Å²) in [4.78, 5) is 15.2. The average Bonchev–Trinajstić information content (AvgIpc) is 2.79. The first-order chi connectivity index (χ1) is 9.02. The molecule has 102 valence electrons. The lowest BCUT2D eigenvalue weighted by atomic mass is 10.0. The second-order valence-corrected chi connectivity index (χ2v) is 5.65. The third-order valence-electron chi connectivity index (χ3n) is 3.66. The predicted octanol–water partition coefficient (Wildman–Crippen LogP) is 3.41. The molecule has 0 saturated heterocycles. The van der Waals surface area contributed by atoms with Crippen LogP contribution in [-0.2, 0) is 11.2 Å². The van der Waals surface area contributed by atoms with E-state index in [4.69, 9.17) is 0 Å². The Morgan fingerprint density at radius 1 is 1.32 bits per heavy atom. The normalized spacial score (nSPS) is 11.7. The minimum absolute atomic E-state index is 0.114. The molecule has 2 N–H and O–H groups in total. The first-order valence-corrected chi connectivity index (χ1v) is 6.88. The molecule has 0 aliphatic heterocycles. The zero-order chi connectivity index (χ0) is 13.9. The van der Waals surface area contributed by atoms with Crippen molar-refractivity contribution in [2.45, 2.75) is 45.6 Å². The van der Waals surface area contributed by atoms with E-state index in [1.165, 1.54) is 10.9 Å². The molecule has 0 radical (unpaired) electrons. The lowest BCUT2D eigenvalue weighted by Crippen LogP contribution is -2.42. The van der Waals surface area contributed by atoms with Gasteiger partial charge in [-0.15, -0.1) is 0 Å². The number of nitrogens with one attached hydrogen (secondary N) is 2. The summed E-state index contributed by atoms with van der Waals surface area (Å²) in [7, 11) is 0. The molecule has 0 saturated carbocycles. The SMILES string of the molecule is CCC(C)(C)NC(=O)CCc1c[nH]c2ccccc12. The van der Waals surface area contributed by atoms with Gasteiger partial charge in [0.25, 0.3) is 0 Å². The Morgan fingerprint density at radius 3 is 2.79 bits per heavy atom. The number of aromatic amines is 1. The van der Waals surface area contributed by atoms with Gasteiger partial charge in [-0.05, 0) is 38.3 Å². The third kappa shape index (κ3) is 3.37. The van der Waals surface area contributed by atoms with Crippen molar-refractivity contribution in [1.29, 1.82) is 0 Å². The van der Waals surface area contributed by atoms with Crippen LogP contribution in [0.15, 0.2) is 30.5 Å². The van der Waals surface area contributed by atoms with E-state index in [1.807, 2.05) is 18.3 Å². The average molecular weight is 258 g/mol. The standard InChI is InChI=1S/C16H22N2O/c1-4-16(2,3)18-15(19)10-9-12-11-17-14-8-6-5-7-13(12)14/h5-8,11,17H,4,9-10H2,1-3H3,(H,18,19). The molecule has 1 heterocycles. The van der Waals surface area contributed by atoms with Gasteiger partial charge in [-0.2, -0.15) is 0 Å². The molecule has 1 aromatic carbocycles. The van der Waals surface area contributed by atoms with E-state index in [-0.39, 0.29) is 11.4 Å². The van der Waals surface area contributed by atoms with Gasteiger partial charge < -0.3 is 10.3 Å². The fourth-order valence-corrected chi connectivity index (χ4v) is 2.11. The maximum atomic E-state index is 11.9. The first-order valence-electron chi connectivity index (χ1n) is 6.88. The number of aryl methyl sites for hydroxylation is 1. The number of hydrogen-bond acceptors (Lipinski definition) is 1. The molecule has 3 nitrogen and oxygen atoms in total. The van der Waals surface area contributed by atoms with E-state index in [9.17, 15) is 4.79 Å². The molecule has 1 aromatic heterocycles. The molecule has 0 aliphatic carbocycles. The van der Waals surface area contributed by atoms with Crippen molar-refractivity contribution in [3.63, 3.8) is 0 Å². The second-order valence-electron chi connectivity index (χ2n) is 5.65. The fraction of sp³-hybridized carbons (Fsp3) is 0.438. The number of fused-ring (bicyclic) bond motifs is 1. The number of rotatable bonds is 5. The minimum Gasteiger partial charge on any atom is -0.361 e. The monoisotopic (exact) mass is 258 g/mol. The number of H-pyrrole nitrogens is 1. The van der Waals surface area contributed by atoms with Gasteiger partial charge in [0.1, 0.15) is 0 Å². The van der Waals surface area contributed by atoms with E-state index in [2.05, 4.69) is 43.2 Å². The summed E-state index contributed by atoms with van der Waals surface area (Å²) in [6.45, 7) is 6.19. The third-order valence-corrected chi connectivity index (χ3v) is 3.66. The predicted molar refractivity (Wildman–Crippen MR) is 79.1 cm³/mol. The number of carbonyl (C=O) groups excluding carboxylic acids is 1. The van der Waals surface area contributed by atoms with E-state index >= 15 is 0 Å². The number of benzene rings is 1. The summed E-state index contributed by atoms with van der Waals surface area (Å²) in [6, 6.07) is 8.19. The lowest BCUT2D eigenvalue weighted by Gasteiger charge is -2.24. The maximum absolute atomic E-state index is 11.9. The van der Waals surface area contributed by atoms with Gasteiger partial charge >= 0.3 is 0 Å². The first kappa shape index (κ1) is 13.7. The van der Waals surface area contributed by atoms with Crippen molar-refractivity contribution in [2.24, 2.45) is 0 Å². The summed E-state index contributed by atoms with van der Waals surface area (Å²) in [5.41, 5.74) is 2.23. The molecule has 0 aliphatic rings. The highest BCUT2D eigenvalue weighted by Gasteiger charge is 2.17. The Labute approximate surface area is 114 Å². The van der Waals surface area contributed by atoms with Crippen LogP contribution < -0.4 is 5.32 Å². The highest BCUT2D eigenvalue weighted by atomic mass is 16.1. The largest absolute Gasteiger partial charge is 0.361 e. The zero-order valence-electron chi connectivity index (χ0n) is 11.9. The van der Waals surface area contributed by atoms with Crippen LogP contribution in [-0.4, -0.2) is 16.4 Å². The van der Waals surface area contributed by atoms with Crippen molar-refractivity contribution in [3.8, 4) is 0 Å². The van der Waals surface area contributed by atoms with Gasteiger partial charge in [0.05, 0.1) is 0 Å². The molecule has 2 rings (SSSR count). The van der Waals surface area contributed by atoms with E-state index in [1.54, 1.807) is 0 Å². The zero-order valence-corrected chi connectivity index (χ0v) is 11.9. The van der Waals surface area contributed by atoms with Crippen LogP contribution in [0.5, 0.6) is 0 Å². The second kappa shape index (κ2) is 5.47. The smallest absolute Gasteiger partial charge is 0.220 e. The Hall–Kier alpha value is -1.77. The molecule has 3 heteroatoms. The van der Waals surface area contributed by atoms with Crippen LogP contribution in [0.3, 0.4) is 0 Å². The highest BCUT2D eigenvalue weighted by molar-refractivity contribution is 5.84. The topological polar surface area (TPSA) is 44.9 Å². The van der Waals surface area contributed by atoms with Crippen LogP contribution in [0.2, 0.25) is 0 Å². The Balaban J connectivity index is 1.97. The van der Waals surface area contributed by atoms with Gasteiger partial charge in [-0.1, -0.05) is 25.1 Å². The molecule has 0 atom stereocenters. The molecule has 0 fully saturated rings. The van der Waals surface area contributed by atoms with E-state index in [0.29, 0.717) is 6.42 Å². The van der Waals surface area contributed by atoms with Gasteiger partial charge in [0, 0.05) is 29.1 Å². The molecular formula is C16H22N2O. The highest BCUT2D eigenvalue weighted by Crippen LogP contribution is 2.19. The molecule has 1 amide bonds. The number of carbonyl (C=O) groups is 1. The molecule has 0 bridgehead atoms. The lowest BCUT2D eigenvalue weighted by molar-refractivity contribution is -0.122. The van der Waals surface area contributed by atoms with Crippen LogP contribution >= 0.6 is 0 Å². The van der Waals surface area contributed by atoms with Crippen molar-refractivity contribution >= 4 is 16.8 Å². The van der Waals surface area contributed by atoms with E-state index in [0.717, 1.165) is 18.4 Å². The Kier molecular flexibility index (Phi) is 3.93. The Morgan fingerprint density at radius 2 is 2.05 bits per heavy atom. The number of amides is 1. The number of para-hydroxylation sites is 1. The summed E-state index contributed by atoms with van der Waals surface area (Å²) in [5.74, 6) is 0.122. The van der Waals surface area contributed by atoms with Crippen molar-refractivity contribution in [1.82, 2.24) is 10.3 Å². The molecular weight excluding hydrogens is 236 g/mol. The maximum Gasteiger partial charge on any atom is 0.220 e. The number of hydrogen-bond donors (Lipinski definition) is 2. The van der Waals surface area contributed by atoms with Crippen LogP contribution in [0.1, 0.15) is 39.2 Å². The quantitative estimate of drug-likeness (QED) is 0.848. The van der Waals surface area contributed by atoms with Crippen molar-refractivity contribution < 1.29 is 4.79 Å². The van der Waals surface area contributed by atoms with Gasteiger partial charge in [-0.3, -0.25) is 4.79 Å². The summed E-state index contributed by atoms with van der Waals surface area (Å²) in [6.07, 6.45) is 4.25. The van der Waals surface area contributed by atoms with Crippen molar-refractivity contribution in [2.75, 3.05) is 0 Å². The van der Waals surface area contributed by atoms with E-state index < -0.39 is 0 Å². The van der Waals surface area contributed by atoms with Crippen LogP contribution in [0.4, 0.5) is 0 Å². The van der Waals surface area contributed by atoms with Gasteiger partial charge in [0.15, 0.2) is 0 Å². The van der Waals surface area contributed by atoms with Crippen molar-refractivity contribution in [3.05, 3.63) is 36.0 Å². The molecule has 19 heavy (non-hydrogen) atoms. The van der Waals surface area contributed by atoms with Gasteiger partial charge in [0.2, 0.25) is 5.91 Å². The van der Waals surface area contributed by atoms with Crippen LogP contribution in [0, 0.1) is 0 Å². The van der Waals surface area contributed by atoms with Gasteiger partial charge in [-0.25, -0.2) is 0 Å².